The molecular weight excluding hydrogens is 727 g/mol. The van der Waals surface area contributed by atoms with Crippen LogP contribution in [-0.4, -0.2) is 101 Å². The van der Waals surface area contributed by atoms with E-state index in [4.69, 9.17) is 14.2 Å². The maximum absolute atomic E-state index is 14.1. The van der Waals surface area contributed by atoms with Crippen LogP contribution in [0.15, 0.2) is 35.7 Å². The molecule has 1 aromatic heterocycles. The third-order valence-electron chi connectivity index (χ3n) is 10.2. The number of carbonyl (C=O) groups excluding carboxylic acids is 6. The second-order valence-corrected chi connectivity index (χ2v) is 16.7. The topological polar surface area (TPSA) is 174 Å². The van der Waals surface area contributed by atoms with Gasteiger partial charge in [0.15, 0.2) is 12.0 Å². The molecule has 0 saturated carbocycles. The second-order valence-electron chi connectivity index (χ2n) is 15.8. The lowest BCUT2D eigenvalue weighted by molar-refractivity contribution is -0.240. The van der Waals surface area contributed by atoms with Gasteiger partial charge >= 0.3 is 17.9 Å². The van der Waals surface area contributed by atoms with Gasteiger partial charge in [-0.3, -0.25) is 33.7 Å². The van der Waals surface area contributed by atoms with Crippen LogP contribution in [0, 0.1) is 17.8 Å². The molecule has 302 valence electrons. The summed E-state index contributed by atoms with van der Waals surface area (Å²) in [4.78, 5) is 87.4. The number of piperidine rings is 1. The molecule has 0 spiro atoms. The van der Waals surface area contributed by atoms with Gasteiger partial charge in [-0.2, -0.15) is 0 Å². The number of likely N-dealkylation sites (tertiary alicyclic amines) is 1. The van der Waals surface area contributed by atoms with E-state index >= 15 is 0 Å². The van der Waals surface area contributed by atoms with E-state index in [2.05, 4.69) is 15.6 Å². The fourth-order valence-electron chi connectivity index (χ4n) is 7.16. The van der Waals surface area contributed by atoms with Crippen molar-refractivity contribution >= 4 is 47.0 Å². The Balaban J connectivity index is 1.51. The number of likely N-dealkylation sites (N-methyl/N-ethyl adjacent to an activating group) is 2. The normalized spacial score (nSPS) is 19.8. The van der Waals surface area contributed by atoms with Crippen LogP contribution < -0.4 is 10.6 Å². The van der Waals surface area contributed by atoms with E-state index in [1.807, 2.05) is 70.0 Å². The molecule has 3 amide bonds. The molecule has 55 heavy (non-hydrogen) atoms. The number of cyclic esters (lactones) is 2. The van der Waals surface area contributed by atoms with E-state index in [9.17, 15) is 28.8 Å². The molecule has 0 bridgehead atoms. The number of benzene rings is 1. The number of hydrogen-bond donors (Lipinski definition) is 2. The first-order chi connectivity index (χ1) is 25.9. The van der Waals surface area contributed by atoms with Crippen LogP contribution in [0.4, 0.5) is 0 Å². The number of carbonyl (C=O) groups is 6. The van der Waals surface area contributed by atoms with Crippen molar-refractivity contribution in [2.75, 3.05) is 20.6 Å². The van der Waals surface area contributed by atoms with Gasteiger partial charge in [0.1, 0.15) is 16.7 Å². The van der Waals surface area contributed by atoms with Gasteiger partial charge in [0, 0.05) is 51.7 Å². The molecular formula is C40H57N5O9S. The monoisotopic (exact) mass is 783 g/mol. The number of amides is 3. The Bertz CT molecular complexity index is 1660. The molecule has 15 heteroatoms. The predicted octanol–water partition coefficient (Wildman–Crippen LogP) is 4.43. The molecule has 5 atom stereocenters. The molecule has 2 aromatic rings. The van der Waals surface area contributed by atoms with Gasteiger partial charge in [-0.25, -0.2) is 4.98 Å². The largest absolute Gasteiger partial charge is 0.455 e. The van der Waals surface area contributed by atoms with Crippen LogP contribution in [-0.2, 0) is 44.6 Å². The van der Waals surface area contributed by atoms with Crippen molar-refractivity contribution in [2.45, 2.75) is 123 Å². The smallest absolute Gasteiger partial charge is 0.323 e. The van der Waals surface area contributed by atoms with Gasteiger partial charge in [0.05, 0.1) is 6.04 Å². The number of thiazole rings is 1. The first kappa shape index (κ1) is 43.4. The average Bonchev–Trinajstić information content (AvgIpc) is 3.60. The minimum Gasteiger partial charge on any atom is -0.455 e. The zero-order valence-electron chi connectivity index (χ0n) is 33.5. The molecule has 2 aliphatic rings. The molecule has 0 radical (unpaired) electrons. The van der Waals surface area contributed by atoms with Gasteiger partial charge < -0.3 is 29.7 Å². The Morgan fingerprint density at radius 3 is 2.25 bits per heavy atom. The van der Waals surface area contributed by atoms with Gasteiger partial charge in [-0.1, -0.05) is 64.4 Å². The van der Waals surface area contributed by atoms with Crippen molar-refractivity contribution in [3.05, 3.63) is 52.0 Å². The first-order valence-electron chi connectivity index (χ1n) is 19.1. The van der Waals surface area contributed by atoms with E-state index in [-0.39, 0.29) is 48.2 Å². The summed E-state index contributed by atoms with van der Waals surface area (Å²) in [5.74, 6) is -5.84. The lowest BCUT2D eigenvalue weighted by atomic mass is 9.94. The fourth-order valence-corrected chi connectivity index (χ4v) is 8.00. The Kier molecular flexibility index (Phi) is 15.0. The molecule has 5 unspecified atom stereocenters. The number of aromatic nitrogens is 1. The predicted molar refractivity (Wildman–Crippen MR) is 205 cm³/mol. The zero-order chi connectivity index (χ0) is 40.6. The highest BCUT2D eigenvalue weighted by atomic mass is 32.1. The third kappa shape index (κ3) is 11.8. The first-order valence-corrected chi connectivity index (χ1v) is 19.9. The Morgan fingerprint density at radius 2 is 1.67 bits per heavy atom. The maximum atomic E-state index is 14.1. The van der Waals surface area contributed by atoms with Gasteiger partial charge in [0.2, 0.25) is 11.8 Å². The Morgan fingerprint density at radius 1 is 1.02 bits per heavy atom. The van der Waals surface area contributed by atoms with Crippen molar-refractivity contribution in [2.24, 2.45) is 17.8 Å². The molecule has 1 aromatic carbocycles. The molecule has 2 N–H and O–H groups in total. The second kappa shape index (κ2) is 19.0. The summed E-state index contributed by atoms with van der Waals surface area (Å²) >= 11 is 1.14. The number of ether oxygens (including phenoxy) is 3. The number of nitrogens with one attached hydrogen (secondary N) is 2. The number of esters is 3. The fraction of sp³-hybridized carbons (Fsp3) is 0.625. The van der Waals surface area contributed by atoms with Gasteiger partial charge in [-0.05, 0) is 56.7 Å². The highest BCUT2D eigenvalue weighted by Crippen LogP contribution is 2.32. The van der Waals surface area contributed by atoms with E-state index in [0.717, 1.165) is 42.7 Å². The highest BCUT2D eigenvalue weighted by Gasteiger charge is 2.44. The van der Waals surface area contributed by atoms with Gasteiger partial charge in [0.25, 0.3) is 11.7 Å². The van der Waals surface area contributed by atoms with E-state index in [0.29, 0.717) is 11.4 Å². The molecule has 2 fully saturated rings. The average molecular weight is 784 g/mol. The van der Waals surface area contributed by atoms with Crippen LogP contribution in [0.2, 0.25) is 0 Å². The van der Waals surface area contributed by atoms with Crippen molar-refractivity contribution < 1.29 is 43.0 Å². The zero-order valence-corrected chi connectivity index (χ0v) is 34.3. The molecule has 4 rings (SSSR count). The summed E-state index contributed by atoms with van der Waals surface area (Å²) in [6, 6.07) is 7.18. The Hall–Kier alpha value is -4.37. The lowest BCUT2D eigenvalue weighted by Crippen LogP contribution is -2.57. The van der Waals surface area contributed by atoms with Crippen LogP contribution in [0.1, 0.15) is 108 Å². The number of rotatable bonds is 16. The molecule has 2 saturated heterocycles. The maximum Gasteiger partial charge on any atom is 0.323 e. The van der Waals surface area contributed by atoms with E-state index in [1.165, 1.54) is 20.8 Å². The summed E-state index contributed by atoms with van der Waals surface area (Å²) in [6.07, 6.45) is 2.28. The summed E-state index contributed by atoms with van der Waals surface area (Å²) < 4.78 is 16.4. The summed E-state index contributed by atoms with van der Waals surface area (Å²) in [5.41, 5.74) is 0.935. The van der Waals surface area contributed by atoms with Crippen LogP contribution in [0.3, 0.4) is 0 Å². The van der Waals surface area contributed by atoms with Crippen molar-refractivity contribution in [3.63, 3.8) is 0 Å². The number of hydrogen-bond acceptors (Lipinski definition) is 12. The molecule has 3 heterocycles. The van der Waals surface area contributed by atoms with E-state index < -0.39 is 59.7 Å². The summed E-state index contributed by atoms with van der Waals surface area (Å²) in [6.45, 7) is 12.8. The van der Waals surface area contributed by atoms with Crippen molar-refractivity contribution in [1.29, 1.82) is 0 Å². The highest BCUT2D eigenvalue weighted by molar-refractivity contribution is 7.09. The number of nitrogens with zero attached hydrogens (tertiary/aromatic N) is 3. The van der Waals surface area contributed by atoms with Crippen molar-refractivity contribution in [3.8, 4) is 0 Å². The summed E-state index contributed by atoms with van der Waals surface area (Å²) in [5, 5.41) is 7.88. The minimum absolute atomic E-state index is 0.0611. The third-order valence-corrected chi connectivity index (χ3v) is 11.1. The SMILES string of the molecule is CC(=O)OC(CC(C(C)C)N(C)C(=O)C(NC(=O)C1CCCCN1C)C(C)C)c1nc(C(=O)NC(Cc2ccccc2)CC2C(=O)OC(C)(C)OC2=O)cs1. The van der Waals surface area contributed by atoms with Crippen molar-refractivity contribution in [1.82, 2.24) is 25.4 Å². The minimum atomic E-state index is -1.38. The van der Waals surface area contributed by atoms with Gasteiger partial charge in [-0.15, -0.1) is 11.3 Å². The van der Waals surface area contributed by atoms with Crippen LogP contribution in [0.5, 0.6) is 0 Å². The van der Waals surface area contributed by atoms with E-state index in [1.54, 1.807) is 17.3 Å². The molecule has 2 aliphatic heterocycles. The van der Waals surface area contributed by atoms with Crippen LogP contribution in [0.25, 0.3) is 0 Å². The van der Waals surface area contributed by atoms with Crippen LogP contribution >= 0.6 is 11.3 Å². The Labute approximate surface area is 328 Å². The molecule has 14 nitrogen and oxygen atoms in total. The summed E-state index contributed by atoms with van der Waals surface area (Å²) in [7, 11) is 3.62. The quantitative estimate of drug-likeness (QED) is 0.182. The molecule has 0 aliphatic carbocycles. The standard InChI is InChI=1S/C40H57N5O9S/c1-23(2)31(45(9)37(49)33(24(3)4)43-35(48)30-17-13-14-18-44(30)8)21-32(52-25(5)46)36-42-29(22-55-36)34(47)41-27(19-26-15-11-10-12-16-26)20-28-38(50)53-40(6,7)54-39(28)51/h10-12,15-16,22-24,27-28,30-33H,13-14,17-21H2,1-9H3,(H,41,47)(H,43,48). The lowest BCUT2D eigenvalue weighted by Gasteiger charge is -2.37.